The molecule has 1 atom stereocenters. The van der Waals surface area contributed by atoms with Crippen LogP contribution in [0, 0.1) is 13.8 Å². The van der Waals surface area contributed by atoms with Crippen LogP contribution in [0.1, 0.15) is 22.3 Å². The largest absolute Gasteiger partial charge is 0.357 e. The number of thioether (sulfide) groups is 1. The standard InChI is InChI=1S/C27H30N2O2S/c1-20-12-14-24(15-13-20)32-19-26(30)29(18-23-11-7-8-21(2)16-23)25(27(31)28-3)17-22-9-5-4-6-10-22/h4-16,25H,17-19H2,1-3H3,(H,28,31)/t25-/m0/s1. The summed E-state index contributed by atoms with van der Waals surface area (Å²) < 4.78 is 0. The summed E-state index contributed by atoms with van der Waals surface area (Å²) in [5.74, 6) is 0.0637. The molecule has 0 saturated carbocycles. The number of benzene rings is 3. The molecule has 32 heavy (non-hydrogen) atoms. The molecule has 0 aliphatic rings. The first kappa shape index (κ1) is 23.6. The highest BCUT2D eigenvalue weighted by Crippen LogP contribution is 2.21. The molecule has 3 aromatic rings. The van der Waals surface area contributed by atoms with Crippen LogP contribution < -0.4 is 5.32 Å². The number of amides is 2. The normalized spacial score (nSPS) is 11.6. The molecule has 0 unspecified atom stereocenters. The number of nitrogens with zero attached hydrogens (tertiary/aromatic N) is 1. The minimum absolute atomic E-state index is 0.0541. The van der Waals surface area contributed by atoms with Crippen molar-refractivity contribution in [2.75, 3.05) is 12.8 Å². The van der Waals surface area contributed by atoms with Crippen molar-refractivity contribution in [2.24, 2.45) is 0 Å². The van der Waals surface area contributed by atoms with Gasteiger partial charge in [-0.2, -0.15) is 0 Å². The Morgan fingerprint density at radius 1 is 0.875 bits per heavy atom. The average molecular weight is 447 g/mol. The van der Waals surface area contributed by atoms with Gasteiger partial charge in [0.15, 0.2) is 0 Å². The Morgan fingerprint density at radius 3 is 2.22 bits per heavy atom. The predicted molar refractivity (Wildman–Crippen MR) is 132 cm³/mol. The molecule has 2 amide bonds. The fourth-order valence-electron chi connectivity index (χ4n) is 3.59. The summed E-state index contributed by atoms with van der Waals surface area (Å²) in [5, 5.41) is 2.76. The summed E-state index contributed by atoms with van der Waals surface area (Å²) in [6, 6.07) is 25.5. The zero-order chi connectivity index (χ0) is 22.9. The zero-order valence-corrected chi connectivity index (χ0v) is 19.7. The van der Waals surface area contributed by atoms with Crippen molar-refractivity contribution in [2.45, 2.75) is 37.8 Å². The van der Waals surface area contributed by atoms with E-state index in [-0.39, 0.29) is 17.6 Å². The van der Waals surface area contributed by atoms with Gasteiger partial charge in [-0.15, -0.1) is 11.8 Å². The summed E-state index contributed by atoms with van der Waals surface area (Å²) in [5.41, 5.74) is 4.35. The SMILES string of the molecule is CNC(=O)[C@H](Cc1ccccc1)N(Cc1cccc(C)c1)C(=O)CSc1ccc(C)cc1. The Balaban J connectivity index is 1.86. The molecular weight excluding hydrogens is 416 g/mol. The summed E-state index contributed by atoms with van der Waals surface area (Å²) in [7, 11) is 1.62. The van der Waals surface area contributed by atoms with E-state index in [1.165, 1.54) is 17.3 Å². The zero-order valence-electron chi connectivity index (χ0n) is 18.9. The van der Waals surface area contributed by atoms with Gasteiger partial charge < -0.3 is 10.2 Å². The van der Waals surface area contributed by atoms with Crippen molar-refractivity contribution in [3.05, 3.63) is 101 Å². The van der Waals surface area contributed by atoms with Crippen molar-refractivity contribution >= 4 is 23.6 Å². The Kier molecular flexibility index (Phi) is 8.51. The molecule has 0 bridgehead atoms. The Morgan fingerprint density at radius 2 is 1.56 bits per heavy atom. The van der Waals surface area contributed by atoms with Gasteiger partial charge in [0.1, 0.15) is 6.04 Å². The molecule has 0 heterocycles. The van der Waals surface area contributed by atoms with E-state index in [1.807, 2.05) is 86.6 Å². The summed E-state index contributed by atoms with van der Waals surface area (Å²) in [4.78, 5) is 29.1. The topological polar surface area (TPSA) is 49.4 Å². The second kappa shape index (κ2) is 11.5. The van der Waals surface area contributed by atoms with Gasteiger partial charge in [0.2, 0.25) is 11.8 Å². The van der Waals surface area contributed by atoms with Gasteiger partial charge in [-0.05, 0) is 37.1 Å². The van der Waals surface area contributed by atoms with Gasteiger partial charge in [0, 0.05) is 24.9 Å². The number of carbonyl (C=O) groups excluding carboxylic acids is 2. The molecule has 0 saturated heterocycles. The summed E-state index contributed by atoms with van der Waals surface area (Å²) in [6.45, 7) is 4.46. The van der Waals surface area contributed by atoms with Gasteiger partial charge in [-0.1, -0.05) is 77.9 Å². The van der Waals surface area contributed by atoms with E-state index in [4.69, 9.17) is 0 Å². The molecule has 0 aliphatic heterocycles. The minimum atomic E-state index is -0.589. The van der Waals surface area contributed by atoms with Crippen LogP contribution >= 0.6 is 11.8 Å². The quantitative estimate of drug-likeness (QED) is 0.481. The maximum absolute atomic E-state index is 13.4. The van der Waals surface area contributed by atoms with E-state index >= 15 is 0 Å². The molecule has 3 rings (SSSR count). The highest BCUT2D eigenvalue weighted by Gasteiger charge is 2.29. The highest BCUT2D eigenvalue weighted by molar-refractivity contribution is 8.00. The van der Waals surface area contributed by atoms with E-state index in [0.29, 0.717) is 13.0 Å². The van der Waals surface area contributed by atoms with Crippen molar-refractivity contribution in [3.63, 3.8) is 0 Å². The maximum Gasteiger partial charge on any atom is 0.242 e. The van der Waals surface area contributed by atoms with Crippen molar-refractivity contribution in [1.29, 1.82) is 0 Å². The lowest BCUT2D eigenvalue weighted by atomic mass is 10.0. The second-order valence-electron chi connectivity index (χ2n) is 7.93. The average Bonchev–Trinajstić information content (AvgIpc) is 2.81. The first-order chi connectivity index (χ1) is 15.5. The number of likely N-dealkylation sites (N-methyl/N-ethyl adjacent to an activating group) is 1. The first-order valence-electron chi connectivity index (χ1n) is 10.8. The summed E-state index contributed by atoms with van der Waals surface area (Å²) in [6.07, 6.45) is 0.466. The van der Waals surface area contributed by atoms with Crippen molar-refractivity contribution < 1.29 is 9.59 Å². The molecular formula is C27H30N2O2S. The molecule has 5 heteroatoms. The molecule has 0 aromatic heterocycles. The van der Waals surface area contributed by atoms with E-state index in [2.05, 4.69) is 11.4 Å². The molecule has 166 valence electrons. The molecule has 3 aromatic carbocycles. The Hall–Kier alpha value is -3.05. The van der Waals surface area contributed by atoms with Crippen LogP contribution in [-0.2, 0) is 22.6 Å². The van der Waals surface area contributed by atoms with E-state index in [9.17, 15) is 9.59 Å². The first-order valence-corrected chi connectivity index (χ1v) is 11.7. The molecule has 0 radical (unpaired) electrons. The predicted octanol–water partition coefficient (Wildman–Crippen LogP) is 4.78. The molecule has 0 fully saturated rings. The van der Waals surface area contributed by atoms with Crippen LogP contribution in [0.25, 0.3) is 0 Å². The maximum atomic E-state index is 13.4. The van der Waals surface area contributed by atoms with Gasteiger partial charge in [-0.25, -0.2) is 0 Å². The fraction of sp³-hybridized carbons (Fsp3) is 0.259. The lowest BCUT2D eigenvalue weighted by Gasteiger charge is -2.31. The number of hydrogen-bond acceptors (Lipinski definition) is 3. The third-order valence-electron chi connectivity index (χ3n) is 5.34. The van der Waals surface area contributed by atoms with Crippen LogP contribution in [0.15, 0.2) is 83.8 Å². The molecule has 0 spiro atoms. The minimum Gasteiger partial charge on any atom is -0.357 e. The van der Waals surface area contributed by atoms with E-state index in [1.54, 1.807) is 11.9 Å². The number of hydrogen-bond donors (Lipinski definition) is 1. The number of nitrogens with one attached hydrogen (secondary N) is 1. The van der Waals surface area contributed by atoms with Crippen LogP contribution in [0.3, 0.4) is 0 Å². The third-order valence-corrected chi connectivity index (χ3v) is 6.33. The lowest BCUT2D eigenvalue weighted by Crippen LogP contribution is -2.50. The van der Waals surface area contributed by atoms with Crippen LogP contribution in [0.2, 0.25) is 0 Å². The number of aryl methyl sites for hydroxylation is 2. The number of carbonyl (C=O) groups is 2. The van der Waals surface area contributed by atoms with Crippen LogP contribution in [0.5, 0.6) is 0 Å². The third kappa shape index (κ3) is 6.72. The van der Waals surface area contributed by atoms with Crippen LogP contribution in [0.4, 0.5) is 0 Å². The monoisotopic (exact) mass is 446 g/mol. The highest BCUT2D eigenvalue weighted by atomic mass is 32.2. The molecule has 0 aliphatic carbocycles. The van der Waals surface area contributed by atoms with E-state index < -0.39 is 6.04 Å². The fourth-order valence-corrected chi connectivity index (χ4v) is 4.37. The van der Waals surface area contributed by atoms with Gasteiger partial charge in [0.05, 0.1) is 5.75 Å². The van der Waals surface area contributed by atoms with Gasteiger partial charge >= 0.3 is 0 Å². The number of rotatable bonds is 9. The second-order valence-corrected chi connectivity index (χ2v) is 8.98. The van der Waals surface area contributed by atoms with Crippen molar-refractivity contribution in [3.8, 4) is 0 Å². The van der Waals surface area contributed by atoms with Gasteiger partial charge in [0.25, 0.3) is 0 Å². The Bertz CT molecular complexity index is 1040. The summed E-state index contributed by atoms with van der Waals surface area (Å²) >= 11 is 1.50. The van der Waals surface area contributed by atoms with Crippen molar-refractivity contribution in [1.82, 2.24) is 10.2 Å². The van der Waals surface area contributed by atoms with Crippen LogP contribution in [-0.4, -0.2) is 35.6 Å². The lowest BCUT2D eigenvalue weighted by molar-refractivity contribution is -0.139. The Labute approximate surface area is 195 Å². The smallest absolute Gasteiger partial charge is 0.242 e. The molecule has 4 nitrogen and oxygen atoms in total. The van der Waals surface area contributed by atoms with Gasteiger partial charge in [-0.3, -0.25) is 9.59 Å². The molecule has 1 N–H and O–H groups in total. The van der Waals surface area contributed by atoms with E-state index in [0.717, 1.165) is 21.6 Å².